The summed E-state index contributed by atoms with van der Waals surface area (Å²) in [5, 5.41) is 4.35. The highest BCUT2D eigenvalue weighted by Crippen LogP contribution is 2.28. The molecule has 6 nitrogen and oxygen atoms in total. The topological polar surface area (TPSA) is 66.6 Å². The number of carbonyl (C=O) groups is 1. The molecule has 2 aromatic carbocycles. The molecule has 6 heteroatoms. The van der Waals surface area contributed by atoms with Crippen LogP contribution in [0.5, 0.6) is 11.5 Å². The van der Waals surface area contributed by atoms with E-state index < -0.39 is 0 Å². The number of aromatic nitrogens is 1. The third-order valence-corrected chi connectivity index (χ3v) is 5.83. The van der Waals surface area contributed by atoms with Crippen molar-refractivity contribution in [2.24, 2.45) is 0 Å². The number of benzene rings is 2. The minimum absolute atomic E-state index is 0.0955. The van der Waals surface area contributed by atoms with Crippen LogP contribution in [-0.4, -0.2) is 49.1 Å². The number of ether oxygens (including phenoxy) is 2. The molecular weight excluding hydrogens is 378 g/mol. The van der Waals surface area contributed by atoms with Crippen molar-refractivity contribution in [3.8, 4) is 11.5 Å². The van der Waals surface area contributed by atoms with Crippen molar-refractivity contribution in [1.82, 2.24) is 15.2 Å². The monoisotopic (exact) mass is 407 g/mol. The first-order valence-electron chi connectivity index (χ1n) is 10.4. The highest BCUT2D eigenvalue weighted by atomic mass is 16.5. The van der Waals surface area contributed by atoms with Crippen molar-refractivity contribution in [2.75, 3.05) is 27.3 Å². The number of rotatable bonds is 7. The molecule has 0 aliphatic carbocycles. The van der Waals surface area contributed by atoms with Crippen LogP contribution >= 0.6 is 0 Å². The second-order valence-electron chi connectivity index (χ2n) is 7.84. The van der Waals surface area contributed by atoms with E-state index in [9.17, 15) is 4.79 Å². The quantitative estimate of drug-likeness (QED) is 0.629. The average molecular weight is 408 g/mol. The molecule has 1 aromatic heterocycles. The van der Waals surface area contributed by atoms with Gasteiger partial charge in [-0.25, -0.2) is 0 Å². The first-order valence-corrected chi connectivity index (χ1v) is 10.4. The van der Waals surface area contributed by atoms with Gasteiger partial charge in [0, 0.05) is 42.8 Å². The minimum Gasteiger partial charge on any atom is -0.493 e. The fourth-order valence-corrected chi connectivity index (χ4v) is 4.20. The van der Waals surface area contributed by atoms with Crippen molar-refractivity contribution >= 4 is 16.8 Å². The van der Waals surface area contributed by atoms with E-state index in [0.717, 1.165) is 60.4 Å². The van der Waals surface area contributed by atoms with E-state index in [4.69, 9.17) is 9.47 Å². The highest BCUT2D eigenvalue weighted by molar-refractivity contribution is 5.88. The van der Waals surface area contributed by atoms with Gasteiger partial charge >= 0.3 is 0 Å². The molecule has 158 valence electrons. The van der Waals surface area contributed by atoms with Gasteiger partial charge in [-0.15, -0.1) is 0 Å². The summed E-state index contributed by atoms with van der Waals surface area (Å²) >= 11 is 0. The van der Waals surface area contributed by atoms with Crippen molar-refractivity contribution in [1.29, 1.82) is 0 Å². The summed E-state index contributed by atoms with van der Waals surface area (Å²) in [7, 11) is 3.31. The zero-order valence-corrected chi connectivity index (χ0v) is 17.6. The lowest BCUT2D eigenvalue weighted by Gasteiger charge is -2.32. The molecule has 1 aliphatic heterocycles. The molecular formula is C24H29N3O3. The Morgan fingerprint density at radius 1 is 1.10 bits per heavy atom. The number of H-pyrrole nitrogens is 1. The number of aromatic amines is 1. The number of likely N-dealkylation sites (tertiary alicyclic amines) is 1. The van der Waals surface area contributed by atoms with Gasteiger partial charge in [-0.3, -0.25) is 9.69 Å². The molecule has 30 heavy (non-hydrogen) atoms. The zero-order valence-electron chi connectivity index (χ0n) is 17.6. The van der Waals surface area contributed by atoms with Gasteiger partial charge in [-0.1, -0.05) is 24.3 Å². The van der Waals surface area contributed by atoms with Gasteiger partial charge in [0.25, 0.3) is 0 Å². The lowest BCUT2D eigenvalue weighted by Crippen LogP contribution is -2.44. The second-order valence-corrected chi connectivity index (χ2v) is 7.84. The molecule has 1 aliphatic rings. The van der Waals surface area contributed by atoms with Crippen molar-refractivity contribution in [2.45, 2.75) is 31.8 Å². The maximum Gasteiger partial charge on any atom is 0.224 e. The summed E-state index contributed by atoms with van der Waals surface area (Å²) in [5.74, 6) is 1.60. The number of methoxy groups -OCH3 is 2. The second kappa shape index (κ2) is 9.22. The Balaban J connectivity index is 1.27. The average Bonchev–Trinajstić information content (AvgIpc) is 3.17. The SMILES string of the molecule is COc1ccc(CN2CCC(NC(=O)Cc3c[nH]c4ccccc34)CC2)cc1OC. The number of hydrogen-bond donors (Lipinski definition) is 2. The summed E-state index contributed by atoms with van der Waals surface area (Å²) in [4.78, 5) is 18.2. The van der Waals surface area contributed by atoms with Crippen molar-refractivity contribution in [3.05, 3.63) is 59.8 Å². The lowest BCUT2D eigenvalue weighted by atomic mass is 10.0. The van der Waals surface area contributed by atoms with Crippen LogP contribution < -0.4 is 14.8 Å². The van der Waals surface area contributed by atoms with Crippen molar-refractivity contribution < 1.29 is 14.3 Å². The molecule has 3 aromatic rings. The van der Waals surface area contributed by atoms with E-state index >= 15 is 0 Å². The van der Waals surface area contributed by atoms with E-state index in [2.05, 4.69) is 27.3 Å². The molecule has 0 radical (unpaired) electrons. The molecule has 0 spiro atoms. The van der Waals surface area contributed by atoms with Gasteiger partial charge in [0.1, 0.15) is 0 Å². The Bertz CT molecular complexity index is 1010. The molecule has 0 atom stereocenters. The molecule has 1 amide bonds. The van der Waals surface area contributed by atoms with Crippen molar-refractivity contribution in [3.63, 3.8) is 0 Å². The first-order chi connectivity index (χ1) is 14.7. The Hall–Kier alpha value is -2.99. The fraction of sp³-hybridized carbons (Fsp3) is 0.375. The summed E-state index contributed by atoms with van der Waals surface area (Å²) in [6.07, 6.45) is 4.28. The first kappa shape index (κ1) is 20.3. The Morgan fingerprint density at radius 2 is 1.87 bits per heavy atom. The molecule has 1 fully saturated rings. The summed E-state index contributed by atoms with van der Waals surface area (Å²) in [5.41, 5.74) is 3.33. The third kappa shape index (κ3) is 4.60. The van der Waals surface area contributed by atoms with E-state index in [1.54, 1.807) is 14.2 Å². The summed E-state index contributed by atoms with van der Waals surface area (Å²) in [6.45, 7) is 2.80. The third-order valence-electron chi connectivity index (χ3n) is 5.83. The van der Waals surface area contributed by atoms with Crippen LogP contribution in [-0.2, 0) is 17.8 Å². The maximum absolute atomic E-state index is 12.6. The molecule has 0 bridgehead atoms. The number of nitrogens with zero attached hydrogens (tertiary/aromatic N) is 1. The van der Waals surface area contributed by atoms with Gasteiger partial charge in [0.2, 0.25) is 5.91 Å². The van der Waals surface area contributed by atoms with Crippen LogP contribution in [0.4, 0.5) is 0 Å². The Kier molecular flexibility index (Phi) is 6.23. The fourth-order valence-electron chi connectivity index (χ4n) is 4.20. The van der Waals surface area contributed by atoms with Crippen LogP contribution in [0, 0.1) is 0 Å². The number of fused-ring (bicyclic) bond motifs is 1. The largest absolute Gasteiger partial charge is 0.493 e. The van der Waals surface area contributed by atoms with Gasteiger partial charge in [0.05, 0.1) is 20.6 Å². The number of hydrogen-bond acceptors (Lipinski definition) is 4. The smallest absolute Gasteiger partial charge is 0.224 e. The summed E-state index contributed by atoms with van der Waals surface area (Å²) in [6, 6.07) is 14.4. The molecule has 0 saturated carbocycles. The van der Waals surface area contributed by atoms with Gasteiger partial charge in [-0.05, 0) is 42.2 Å². The van der Waals surface area contributed by atoms with E-state index in [-0.39, 0.29) is 11.9 Å². The minimum atomic E-state index is 0.0955. The highest BCUT2D eigenvalue weighted by Gasteiger charge is 2.21. The molecule has 4 rings (SSSR count). The summed E-state index contributed by atoms with van der Waals surface area (Å²) < 4.78 is 10.7. The van der Waals surface area contributed by atoms with Crippen LogP contribution in [0.25, 0.3) is 10.9 Å². The predicted molar refractivity (Wildman–Crippen MR) is 118 cm³/mol. The molecule has 1 saturated heterocycles. The standard InChI is InChI=1S/C24H29N3O3/c1-29-22-8-7-17(13-23(22)30-2)16-27-11-9-19(10-12-27)26-24(28)14-18-15-25-21-6-4-3-5-20(18)21/h3-8,13,15,19,25H,9-12,14,16H2,1-2H3,(H,26,28). The number of carbonyl (C=O) groups excluding carboxylic acids is 1. The molecule has 2 heterocycles. The lowest BCUT2D eigenvalue weighted by molar-refractivity contribution is -0.121. The van der Waals surface area contributed by atoms with Gasteiger partial charge < -0.3 is 19.8 Å². The predicted octanol–water partition coefficient (Wildman–Crippen LogP) is 3.51. The van der Waals surface area contributed by atoms with Crippen LogP contribution in [0.1, 0.15) is 24.0 Å². The van der Waals surface area contributed by atoms with Crippen LogP contribution in [0.2, 0.25) is 0 Å². The molecule has 2 N–H and O–H groups in total. The Labute approximate surface area is 177 Å². The number of para-hydroxylation sites is 1. The van der Waals surface area contributed by atoms with Gasteiger partial charge in [0.15, 0.2) is 11.5 Å². The Morgan fingerprint density at radius 3 is 2.63 bits per heavy atom. The van der Waals surface area contributed by atoms with E-state index in [1.807, 2.05) is 36.5 Å². The maximum atomic E-state index is 12.6. The number of nitrogens with one attached hydrogen (secondary N) is 2. The van der Waals surface area contributed by atoms with Gasteiger partial charge in [-0.2, -0.15) is 0 Å². The molecule has 0 unspecified atom stereocenters. The van der Waals surface area contributed by atoms with Crippen LogP contribution in [0.15, 0.2) is 48.7 Å². The number of piperidine rings is 1. The van der Waals surface area contributed by atoms with E-state index in [1.165, 1.54) is 5.56 Å². The van der Waals surface area contributed by atoms with E-state index in [0.29, 0.717) is 6.42 Å². The number of amides is 1. The normalized spacial score (nSPS) is 15.3. The zero-order chi connectivity index (χ0) is 20.9. The van der Waals surface area contributed by atoms with Crippen LogP contribution in [0.3, 0.4) is 0 Å².